The fourth-order valence-electron chi connectivity index (χ4n) is 4.01. The number of para-hydroxylation sites is 1. The zero-order chi connectivity index (χ0) is 22.1. The van der Waals surface area contributed by atoms with Gasteiger partial charge in [-0.1, -0.05) is 61.0 Å². The molecule has 4 aromatic rings. The highest BCUT2D eigenvalue weighted by molar-refractivity contribution is 7.13. The lowest BCUT2D eigenvalue weighted by atomic mass is 9.97. The summed E-state index contributed by atoms with van der Waals surface area (Å²) in [5.74, 6) is 0.0155. The molecule has 3 heterocycles. The quantitative estimate of drug-likeness (QED) is 0.382. The van der Waals surface area contributed by atoms with Crippen LogP contribution in [0, 0.1) is 6.92 Å². The van der Waals surface area contributed by atoms with Crippen LogP contribution in [-0.4, -0.2) is 26.4 Å². The highest BCUT2D eigenvalue weighted by atomic mass is 32.1. The zero-order valence-corrected chi connectivity index (χ0v) is 18.9. The van der Waals surface area contributed by atoms with E-state index >= 15 is 0 Å². The highest BCUT2D eigenvalue weighted by Gasteiger charge is 2.35. The van der Waals surface area contributed by atoms with Gasteiger partial charge < -0.3 is 0 Å². The molecule has 0 unspecified atom stereocenters. The van der Waals surface area contributed by atoms with Gasteiger partial charge in [0, 0.05) is 24.6 Å². The molecule has 0 radical (unpaired) electrons. The lowest BCUT2D eigenvalue weighted by Gasteiger charge is -2.21. The van der Waals surface area contributed by atoms with Crippen LogP contribution in [-0.2, 0) is 4.79 Å². The summed E-state index contributed by atoms with van der Waals surface area (Å²) in [6.07, 6.45) is 3.12. The summed E-state index contributed by atoms with van der Waals surface area (Å²) < 4.78 is 1.91. The van der Waals surface area contributed by atoms with E-state index < -0.39 is 0 Å². The Kier molecular flexibility index (Phi) is 5.45. The van der Waals surface area contributed by atoms with Gasteiger partial charge in [-0.3, -0.25) is 4.79 Å². The molecule has 1 aliphatic rings. The number of hydrogen-bond donors (Lipinski definition) is 0. The third-order valence-corrected chi connectivity index (χ3v) is 6.61. The molecule has 0 saturated heterocycles. The summed E-state index contributed by atoms with van der Waals surface area (Å²) >= 11 is 1.65. The van der Waals surface area contributed by atoms with Crippen molar-refractivity contribution >= 4 is 23.0 Å². The van der Waals surface area contributed by atoms with Crippen LogP contribution in [0.15, 0.2) is 83.4 Å². The number of rotatable bonds is 5. The largest absolute Gasteiger partial charge is 0.273 e. The number of nitrogens with zero attached hydrogens (tertiary/aromatic N) is 4. The summed E-state index contributed by atoms with van der Waals surface area (Å²) in [6.45, 7) is 3.95. The molecule has 0 fully saturated rings. The van der Waals surface area contributed by atoms with Crippen molar-refractivity contribution in [1.82, 2.24) is 14.8 Å². The lowest BCUT2D eigenvalue weighted by Crippen LogP contribution is -2.26. The minimum absolute atomic E-state index is 0.0155. The molecule has 2 aromatic carbocycles. The van der Waals surface area contributed by atoms with E-state index in [0.717, 1.165) is 33.1 Å². The molecule has 5 nitrogen and oxygen atoms in total. The summed E-state index contributed by atoms with van der Waals surface area (Å²) in [5, 5.41) is 13.4. The minimum atomic E-state index is -0.187. The number of aryl methyl sites for hydroxylation is 1. The van der Waals surface area contributed by atoms with Crippen LogP contribution in [0.4, 0.5) is 0 Å². The Morgan fingerprint density at radius 2 is 1.84 bits per heavy atom. The maximum Gasteiger partial charge on any atom is 0.242 e. The molecule has 1 atom stereocenters. The first-order valence-electron chi connectivity index (χ1n) is 10.8. The Balaban J connectivity index is 1.60. The maximum atomic E-state index is 12.9. The molecular weight excluding hydrogens is 416 g/mol. The Morgan fingerprint density at radius 3 is 2.53 bits per heavy atom. The van der Waals surface area contributed by atoms with Gasteiger partial charge in [-0.05, 0) is 36.1 Å². The van der Waals surface area contributed by atoms with Crippen LogP contribution < -0.4 is 0 Å². The molecule has 160 valence electrons. The average molecular weight is 441 g/mol. The molecule has 0 spiro atoms. The molecule has 6 heteroatoms. The van der Waals surface area contributed by atoms with E-state index in [2.05, 4.69) is 48.8 Å². The van der Waals surface area contributed by atoms with Crippen LogP contribution in [0.2, 0.25) is 0 Å². The Morgan fingerprint density at radius 1 is 1.06 bits per heavy atom. The predicted octanol–water partition coefficient (Wildman–Crippen LogP) is 6.00. The summed E-state index contributed by atoms with van der Waals surface area (Å²) in [4.78, 5) is 14.0. The molecule has 0 bridgehead atoms. The number of thiophene rings is 1. The van der Waals surface area contributed by atoms with Crippen molar-refractivity contribution in [2.24, 2.45) is 5.10 Å². The van der Waals surface area contributed by atoms with Gasteiger partial charge in [0.2, 0.25) is 5.91 Å². The van der Waals surface area contributed by atoms with E-state index in [4.69, 9.17) is 10.2 Å². The first-order chi connectivity index (χ1) is 15.6. The second kappa shape index (κ2) is 8.55. The molecule has 32 heavy (non-hydrogen) atoms. The van der Waals surface area contributed by atoms with E-state index in [0.29, 0.717) is 12.8 Å². The molecule has 0 aliphatic carbocycles. The predicted molar refractivity (Wildman–Crippen MR) is 129 cm³/mol. The number of hydrazone groups is 1. The van der Waals surface area contributed by atoms with Crippen molar-refractivity contribution in [3.05, 3.63) is 95.0 Å². The molecule has 0 N–H and O–H groups in total. The molecule has 1 amide bonds. The van der Waals surface area contributed by atoms with Crippen molar-refractivity contribution in [2.45, 2.75) is 32.7 Å². The Hall–Kier alpha value is -3.51. The van der Waals surface area contributed by atoms with E-state index in [9.17, 15) is 4.79 Å². The van der Waals surface area contributed by atoms with Crippen molar-refractivity contribution in [3.8, 4) is 16.3 Å². The van der Waals surface area contributed by atoms with E-state index in [1.54, 1.807) is 16.3 Å². The van der Waals surface area contributed by atoms with Crippen LogP contribution in [0.25, 0.3) is 16.3 Å². The Labute approximate surface area is 191 Å². The van der Waals surface area contributed by atoms with Crippen molar-refractivity contribution < 1.29 is 4.79 Å². The Bertz CT molecular complexity index is 1260. The van der Waals surface area contributed by atoms with Crippen molar-refractivity contribution in [2.75, 3.05) is 0 Å². The second-order valence-electron chi connectivity index (χ2n) is 7.91. The normalized spacial score (nSPS) is 15.8. The van der Waals surface area contributed by atoms with Gasteiger partial charge in [0.05, 0.1) is 22.3 Å². The number of amides is 1. The zero-order valence-electron chi connectivity index (χ0n) is 18.1. The fourth-order valence-corrected chi connectivity index (χ4v) is 4.75. The van der Waals surface area contributed by atoms with Gasteiger partial charge in [-0.2, -0.15) is 10.2 Å². The monoisotopic (exact) mass is 440 g/mol. The van der Waals surface area contributed by atoms with E-state index in [1.807, 2.05) is 48.0 Å². The maximum absolute atomic E-state index is 12.9. The van der Waals surface area contributed by atoms with Gasteiger partial charge in [-0.15, -0.1) is 11.3 Å². The van der Waals surface area contributed by atoms with Gasteiger partial charge in [0.15, 0.2) is 0 Å². The number of benzene rings is 2. The third kappa shape index (κ3) is 3.78. The molecule has 0 saturated carbocycles. The van der Waals surface area contributed by atoms with Crippen LogP contribution in [0.3, 0.4) is 0 Å². The van der Waals surface area contributed by atoms with Gasteiger partial charge in [0.1, 0.15) is 5.69 Å². The first kappa shape index (κ1) is 20.4. The van der Waals surface area contributed by atoms with E-state index in [-0.39, 0.29) is 11.9 Å². The summed E-state index contributed by atoms with van der Waals surface area (Å²) in [6, 6.07) is 22.3. The number of hydrogen-bond acceptors (Lipinski definition) is 4. The minimum Gasteiger partial charge on any atom is -0.273 e. The van der Waals surface area contributed by atoms with Gasteiger partial charge in [0.25, 0.3) is 0 Å². The lowest BCUT2D eigenvalue weighted by molar-refractivity contribution is -0.132. The second-order valence-corrected chi connectivity index (χ2v) is 8.86. The third-order valence-electron chi connectivity index (χ3n) is 5.73. The van der Waals surface area contributed by atoms with Crippen molar-refractivity contribution in [1.29, 1.82) is 0 Å². The fraction of sp³-hybridized carbons (Fsp3) is 0.192. The summed E-state index contributed by atoms with van der Waals surface area (Å²) in [5.41, 5.74) is 6.10. The van der Waals surface area contributed by atoms with Crippen LogP contribution in [0.1, 0.15) is 42.5 Å². The summed E-state index contributed by atoms with van der Waals surface area (Å²) in [7, 11) is 0. The highest BCUT2D eigenvalue weighted by Crippen LogP contribution is 2.39. The number of carbonyl (C=O) groups excluding carboxylic acids is 1. The van der Waals surface area contributed by atoms with Crippen LogP contribution in [0.5, 0.6) is 0 Å². The van der Waals surface area contributed by atoms with Gasteiger partial charge >= 0.3 is 0 Å². The average Bonchev–Trinajstić information content (AvgIpc) is 3.58. The smallest absolute Gasteiger partial charge is 0.242 e. The first-order valence-corrected chi connectivity index (χ1v) is 11.7. The standard InChI is InChI=1S/C26H24N4OS/c1-3-25(31)30-23(16-22(27-30)19-13-11-18(2)12-14-19)21-17-29(20-8-5-4-6-9-20)28-26(21)24-10-7-15-32-24/h4-15,17,23H,3,16H2,1-2H3/t23-/m0/s1. The molecule has 1 aliphatic heterocycles. The topological polar surface area (TPSA) is 50.5 Å². The number of aromatic nitrogens is 2. The molecule has 2 aromatic heterocycles. The van der Waals surface area contributed by atoms with Crippen LogP contribution >= 0.6 is 11.3 Å². The van der Waals surface area contributed by atoms with Crippen molar-refractivity contribution in [3.63, 3.8) is 0 Å². The molecule has 5 rings (SSSR count). The molecular formula is C26H24N4OS. The number of carbonyl (C=O) groups is 1. The van der Waals surface area contributed by atoms with E-state index in [1.165, 1.54) is 5.56 Å². The van der Waals surface area contributed by atoms with Gasteiger partial charge in [-0.25, -0.2) is 9.69 Å². The SMILES string of the molecule is CCC(=O)N1N=C(c2ccc(C)cc2)C[C@H]1c1cn(-c2ccccc2)nc1-c1cccs1.